The van der Waals surface area contributed by atoms with Crippen molar-refractivity contribution in [3.63, 3.8) is 0 Å². The van der Waals surface area contributed by atoms with Gasteiger partial charge < -0.3 is 20.5 Å². The second-order valence-electron chi connectivity index (χ2n) is 4.71. The minimum Gasteiger partial charge on any atom is -0.486 e. The lowest BCUT2D eigenvalue weighted by atomic mass is 10.0. The standard InChI is InChI=1S/C14H18N2O2/c15-11-8-13-14(18-7-6-17-13)9-12(11)16-10-4-2-1-3-5-10/h1-2,8-10,16H,3-7,15H2. The Kier molecular flexibility index (Phi) is 3.00. The average molecular weight is 246 g/mol. The van der Waals surface area contributed by atoms with E-state index in [9.17, 15) is 0 Å². The van der Waals surface area contributed by atoms with Crippen molar-refractivity contribution in [3.05, 3.63) is 24.3 Å². The van der Waals surface area contributed by atoms with Gasteiger partial charge in [0, 0.05) is 18.2 Å². The molecule has 0 saturated carbocycles. The fourth-order valence-corrected chi connectivity index (χ4v) is 2.37. The summed E-state index contributed by atoms with van der Waals surface area (Å²) in [6.45, 7) is 1.19. The highest BCUT2D eigenvalue weighted by Gasteiger charge is 2.17. The Morgan fingerprint density at radius 1 is 1.11 bits per heavy atom. The zero-order valence-corrected chi connectivity index (χ0v) is 10.3. The maximum absolute atomic E-state index is 6.05. The van der Waals surface area contributed by atoms with E-state index in [4.69, 9.17) is 15.2 Å². The molecule has 3 rings (SSSR count). The Morgan fingerprint density at radius 3 is 2.61 bits per heavy atom. The molecule has 0 saturated heterocycles. The number of allylic oxidation sites excluding steroid dienone is 1. The monoisotopic (exact) mass is 246 g/mol. The Balaban J connectivity index is 1.80. The molecule has 2 aliphatic rings. The summed E-state index contributed by atoms with van der Waals surface area (Å²) < 4.78 is 11.1. The van der Waals surface area contributed by atoms with Crippen molar-refractivity contribution < 1.29 is 9.47 Å². The number of ether oxygens (including phenoxy) is 2. The topological polar surface area (TPSA) is 56.5 Å². The van der Waals surface area contributed by atoms with Gasteiger partial charge in [-0.1, -0.05) is 12.2 Å². The van der Waals surface area contributed by atoms with Crippen molar-refractivity contribution in [1.82, 2.24) is 0 Å². The third-order valence-electron chi connectivity index (χ3n) is 3.34. The Hall–Kier alpha value is -1.84. The van der Waals surface area contributed by atoms with Crippen LogP contribution in [0.15, 0.2) is 24.3 Å². The maximum Gasteiger partial charge on any atom is 0.163 e. The van der Waals surface area contributed by atoms with Gasteiger partial charge >= 0.3 is 0 Å². The zero-order chi connectivity index (χ0) is 12.4. The van der Waals surface area contributed by atoms with Gasteiger partial charge in [-0.15, -0.1) is 0 Å². The van der Waals surface area contributed by atoms with Gasteiger partial charge in [0.1, 0.15) is 13.2 Å². The van der Waals surface area contributed by atoms with Crippen LogP contribution in [0.5, 0.6) is 11.5 Å². The molecule has 1 aromatic carbocycles. The van der Waals surface area contributed by atoms with Crippen LogP contribution in [0.25, 0.3) is 0 Å². The molecule has 0 amide bonds. The molecule has 0 bridgehead atoms. The summed E-state index contributed by atoms with van der Waals surface area (Å²) in [5.41, 5.74) is 7.71. The van der Waals surface area contributed by atoms with Crippen molar-refractivity contribution in [1.29, 1.82) is 0 Å². The molecule has 1 aromatic rings. The molecule has 1 atom stereocenters. The minimum absolute atomic E-state index is 0.458. The second-order valence-corrected chi connectivity index (χ2v) is 4.71. The van der Waals surface area contributed by atoms with Crippen molar-refractivity contribution in [2.24, 2.45) is 0 Å². The fraction of sp³-hybridized carbons (Fsp3) is 0.429. The highest BCUT2D eigenvalue weighted by atomic mass is 16.6. The number of fused-ring (bicyclic) bond motifs is 1. The molecule has 1 aliphatic heterocycles. The average Bonchev–Trinajstić information content (AvgIpc) is 2.41. The predicted octanol–water partition coefficient (Wildman–Crippen LogP) is 2.56. The predicted molar refractivity (Wildman–Crippen MR) is 72.2 cm³/mol. The molecule has 0 radical (unpaired) electrons. The van der Waals surface area contributed by atoms with Gasteiger partial charge in [-0.05, 0) is 19.3 Å². The van der Waals surface area contributed by atoms with E-state index in [1.165, 1.54) is 0 Å². The SMILES string of the molecule is Nc1cc2c(cc1NC1CC=CCC1)OCCO2. The Bertz CT molecular complexity index is 471. The Labute approximate surface area is 107 Å². The van der Waals surface area contributed by atoms with Crippen LogP contribution in [0.2, 0.25) is 0 Å². The molecule has 96 valence electrons. The summed E-state index contributed by atoms with van der Waals surface area (Å²) >= 11 is 0. The van der Waals surface area contributed by atoms with Crippen LogP contribution in [0.4, 0.5) is 11.4 Å². The van der Waals surface area contributed by atoms with Gasteiger partial charge in [0.2, 0.25) is 0 Å². The summed E-state index contributed by atoms with van der Waals surface area (Å²) in [7, 11) is 0. The zero-order valence-electron chi connectivity index (χ0n) is 10.3. The van der Waals surface area contributed by atoms with Crippen LogP contribution in [0, 0.1) is 0 Å². The van der Waals surface area contributed by atoms with Crippen LogP contribution >= 0.6 is 0 Å². The third-order valence-corrected chi connectivity index (χ3v) is 3.34. The lowest BCUT2D eigenvalue weighted by Gasteiger charge is -2.24. The number of rotatable bonds is 2. The van der Waals surface area contributed by atoms with Gasteiger partial charge in [0.05, 0.1) is 11.4 Å². The first kappa shape index (κ1) is 11.3. The van der Waals surface area contributed by atoms with E-state index < -0.39 is 0 Å². The van der Waals surface area contributed by atoms with Crippen LogP contribution in [-0.4, -0.2) is 19.3 Å². The number of nitrogens with one attached hydrogen (secondary N) is 1. The number of benzene rings is 1. The first-order chi connectivity index (χ1) is 8.83. The van der Waals surface area contributed by atoms with Gasteiger partial charge in [-0.25, -0.2) is 0 Å². The van der Waals surface area contributed by atoms with Gasteiger partial charge in [-0.2, -0.15) is 0 Å². The van der Waals surface area contributed by atoms with Crippen molar-refractivity contribution >= 4 is 11.4 Å². The molecule has 4 nitrogen and oxygen atoms in total. The molecule has 0 spiro atoms. The third kappa shape index (κ3) is 2.23. The number of nitrogens with two attached hydrogens (primary N) is 1. The summed E-state index contributed by atoms with van der Waals surface area (Å²) in [6.07, 6.45) is 7.76. The minimum atomic E-state index is 0.458. The van der Waals surface area contributed by atoms with Crippen molar-refractivity contribution in [2.75, 3.05) is 24.3 Å². The number of hydrogen-bond acceptors (Lipinski definition) is 4. The number of hydrogen-bond donors (Lipinski definition) is 2. The van der Waals surface area contributed by atoms with Crippen LogP contribution < -0.4 is 20.5 Å². The van der Waals surface area contributed by atoms with Crippen molar-refractivity contribution in [2.45, 2.75) is 25.3 Å². The van der Waals surface area contributed by atoms with E-state index in [2.05, 4.69) is 17.5 Å². The quantitative estimate of drug-likeness (QED) is 0.622. The van der Waals surface area contributed by atoms with E-state index in [1.807, 2.05) is 12.1 Å². The first-order valence-electron chi connectivity index (χ1n) is 6.43. The normalized spacial score (nSPS) is 21.7. The van der Waals surface area contributed by atoms with Crippen molar-refractivity contribution in [3.8, 4) is 11.5 Å². The molecule has 0 fully saturated rings. The molecule has 3 N–H and O–H groups in total. The van der Waals surface area contributed by atoms with E-state index >= 15 is 0 Å². The van der Waals surface area contributed by atoms with Gasteiger partial charge in [0.15, 0.2) is 11.5 Å². The second kappa shape index (κ2) is 4.80. The maximum atomic E-state index is 6.05. The molecule has 1 aliphatic carbocycles. The summed E-state index contributed by atoms with van der Waals surface area (Å²) in [6, 6.07) is 4.25. The van der Waals surface area contributed by atoms with Gasteiger partial charge in [0.25, 0.3) is 0 Å². The molecule has 0 aromatic heterocycles. The summed E-state index contributed by atoms with van der Waals surface area (Å²) in [4.78, 5) is 0. The Morgan fingerprint density at radius 2 is 1.89 bits per heavy atom. The molecule has 1 heterocycles. The number of anilines is 2. The van der Waals surface area contributed by atoms with Crippen LogP contribution in [0.1, 0.15) is 19.3 Å². The molecule has 18 heavy (non-hydrogen) atoms. The van der Waals surface area contributed by atoms with Crippen LogP contribution in [-0.2, 0) is 0 Å². The lowest BCUT2D eigenvalue weighted by Crippen LogP contribution is -2.21. The largest absolute Gasteiger partial charge is 0.486 e. The summed E-state index contributed by atoms with van der Waals surface area (Å²) in [5.74, 6) is 1.53. The van der Waals surface area contributed by atoms with E-state index in [0.29, 0.717) is 24.9 Å². The first-order valence-corrected chi connectivity index (χ1v) is 6.43. The van der Waals surface area contributed by atoms with Gasteiger partial charge in [-0.3, -0.25) is 0 Å². The van der Waals surface area contributed by atoms with E-state index in [0.717, 1.165) is 36.4 Å². The highest BCUT2D eigenvalue weighted by Crippen LogP contribution is 2.37. The van der Waals surface area contributed by atoms with Crippen LogP contribution in [0.3, 0.4) is 0 Å². The molecule has 4 heteroatoms. The number of nitrogen functional groups attached to an aromatic ring is 1. The molecular weight excluding hydrogens is 228 g/mol. The fourth-order valence-electron chi connectivity index (χ4n) is 2.37. The van der Waals surface area contributed by atoms with E-state index in [-0.39, 0.29) is 0 Å². The smallest absolute Gasteiger partial charge is 0.163 e. The van der Waals surface area contributed by atoms with E-state index in [1.54, 1.807) is 0 Å². The highest BCUT2D eigenvalue weighted by molar-refractivity contribution is 5.72. The lowest BCUT2D eigenvalue weighted by molar-refractivity contribution is 0.172. The summed E-state index contributed by atoms with van der Waals surface area (Å²) in [5, 5.41) is 3.49. The molecular formula is C14H18N2O2. The molecule has 1 unspecified atom stereocenters.